The van der Waals surface area contributed by atoms with Gasteiger partial charge in [-0.25, -0.2) is 9.78 Å². The van der Waals surface area contributed by atoms with Gasteiger partial charge in [-0.2, -0.15) is 0 Å². The third kappa shape index (κ3) is 4.12. The Kier molecular flexibility index (Phi) is 5.05. The molecule has 1 amide bonds. The van der Waals surface area contributed by atoms with Gasteiger partial charge in [-0.1, -0.05) is 0 Å². The Hall–Kier alpha value is -1.47. The average Bonchev–Trinajstić information content (AvgIpc) is 2.71. The van der Waals surface area contributed by atoms with Crippen LogP contribution in [0.15, 0.2) is 6.20 Å². The normalized spacial score (nSPS) is 11.9. The second kappa shape index (κ2) is 6.31. The first-order valence-corrected chi connectivity index (χ1v) is 5.97. The van der Waals surface area contributed by atoms with Gasteiger partial charge in [0.2, 0.25) is 5.91 Å². The van der Waals surface area contributed by atoms with Crippen LogP contribution in [0.5, 0.6) is 0 Å². The van der Waals surface area contributed by atoms with E-state index < -0.39 is 17.9 Å². The summed E-state index contributed by atoms with van der Waals surface area (Å²) in [5.74, 6) is -1.26. The first-order chi connectivity index (χ1) is 8.04. The van der Waals surface area contributed by atoms with Gasteiger partial charge in [0.1, 0.15) is 0 Å². The largest absolute Gasteiger partial charge is 0.464 e. The Balaban J connectivity index is 2.41. The molecule has 1 aromatic rings. The molecule has 0 aliphatic rings. The standard InChI is InChI=1S/C10H15N3O3S/c1-3-16-10(15)8(11)9(14)13-5-7-4-12-6(2)17-7/h4,8H,3,5,11H2,1-2H3,(H,13,14). The number of nitrogens with one attached hydrogen (secondary N) is 1. The minimum Gasteiger partial charge on any atom is -0.464 e. The number of esters is 1. The average molecular weight is 257 g/mol. The number of carbonyl (C=O) groups excluding carboxylic acids is 2. The number of rotatable bonds is 5. The lowest BCUT2D eigenvalue weighted by molar-refractivity contribution is -0.148. The molecule has 7 heteroatoms. The van der Waals surface area contributed by atoms with Gasteiger partial charge in [0.25, 0.3) is 0 Å². The fourth-order valence-electron chi connectivity index (χ4n) is 1.11. The summed E-state index contributed by atoms with van der Waals surface area (Å²) in [6.07, 6.45) is 1.68. The van der Waals surface area contributed by atoms with Crippen LogP contribution in [0.1, 0.15) is 16.8 Å². The van der Waals surface area contributed by atoms with Gasteiger partial charge in [0, 0.05) is 11.1 Å². The molecule has 0 saturated carbocycles. The lowest BCUT2D eigenvalue weighted by Crippen LogP contribution is -2.46. The molecule has 1 atom stereocenters. The van der Waals surface area contributed by atoms with E-state index in [1.807, 2.05) is 6.92 Å². The Morgan fingerprint density at radius 1 is 1.65 bits per heavy atom. The molecule has 0 fully saturated rings. The lowest BCUT2D eigenvalue weighted by atomic mass is 10.3. The predicted molar refractivity (Wildman–Crippen MR) is 63.3 cm³/mol. The monoisotopic (exact) mass is 257 g/mol. The van der Waals surface area contributed by atoms with Crippen molar-refractivity contribution < 1.29 is 14.3 Å². The molecule has 0 radical (unpaired) electrons. The molecule has 0 saturated heterocycles. The second-order valence-electron chi connectivity index (χ2n) is 3.29. The van der Waals surface area contributed by atoms with Crippen molar-refractivity contribution in [3.63, 3.8) is 0 Å². The van der Waals surface area contributed by atoms with E-state index in [4.69, 9.17) is 5.73 Å². The molecule has 0 spiro atoms. The molecule has 3 N–H and O–H groups in total. The molecule has 1 heterocycles. The van der Waals surface area contributed by atoms with Crippen molar-refractivity contribution in [3.05, 3.63) is 16.1 Å². The molecule has 6 nitrogen and oxygen atoms in total. The van der Waals surface area contributed by atoms with Crippen molar-refractivity contribution in [3.8, 4) is 0 Å². The number of aryl methyl sites for hydroxylation is 1. The van der Waals surface area contributed by atoms with E-state index >= 15 is 0 Å². The third-order valence-corrected chi connectivity index (χ3v) is 2.84. The minimum atomic E-state index is -1.27. The lowest BCUT2D eigenvalue weighted by Gasteiger charge is -2.10. The fraction of sp³-hybridized carbons (Fsp3) is 0.500. The first-order valence-electron chi connectivity index (χ1n) is 5.15. The number of hydrogen-bond acceptors (Lipinski definition) is 6. The summed E-state index contributed by atoms with van der Waals surface area (Å²) in [7, 11) is 0. The van der Waals surface area contributed by atoms with Crippen molar-refractivity contribution in [1.82, 2.24) is 10.3 Å². The van der Waals surface area contributed by atoms with Gasteiger partial charge >= 0.3 is 5.97 Å². The number of hydrogen-bond donors (Lipinski definition) is 2. The fourth-order valence-corrected chi connectivity index (χ4v) is 1.84. The predicted octanol–water partition coefficient (Wildman–Crippen LogP) is -0.0419. The second-order valence-corrected chi connectivity index (χ2v) is 4.61. The molecule has 0 aromatic carbocycles. The van der Waals surface area contributed by atoms with Crippen LogP contribution < -0.4 is 11.1 Å². The van der Waals surface area contributed by atoms with Crippen LogP contribution in [-0.2, 0) is 20.9 Å². The molecule has 94 valence electrons. The van der Waals surface area contributed by atoms with E-state index in [1.54, 1.807) is 13.1 Å². The summed E-state index contributed by atoms with van der Waals surface area (Å²) in [5, 5.41) is 3.48. The molecule has 1 aromatic heterocycles. The Morgan fingerprint density at radius 3 is 2.88 bits per heavy atom. The van der Waals surface area contributed by atoms with Gasteiger partial charge in [-0.05, 0) is 13.8 Å². The molecule has 1 unspecified atom stereocenters. The maximum absolute atomic E-state index is 11.5. The van der Waals surface area contributed by atoms with Crippen LogP contribution in [-0.4, -0.2) is 29.5 Å². The number of carbonyl (C=O) groups is 2. The van der Waals surface area contributed by atoms with Crippen molar-refractivity contribution in [2.24, 2.45) is 5.73 Å². The molecular formula is C10H15N3O3S. The van der Waals surface area contributed by atoms with Gasteiger partial charge in [0.05, 0.1) is 18.2 Å². The van der Waals surface area contributed by atoms with E-state index in [2.05, 4.69) is 15.0 Å². The summed E-state index contributed by atoms with van der Waals surface area (Å²) in [4.78, 5) is 27.6. The van der Waals surface area contributed by atoms with E-state index in [0.717, 1.165) is 9.88 Å². The highest BCUT2D eigenvalue weighted by Crippen LogP contribution is 2.10. The van der Waals surface area contributed by atoms with Crippen LogP contribution >= 0.6 is 11.3 Å². The van der Waals surface area contributed by atoms with Gasteiger partial charge < -0.3 is 15.8 Å². The summed E-state index contributed by atoms with van der Waals surface area (Å²) in [6, 6.07) is -1.27. The van der Waals surface area contributed by atoms with Gasteiger partial charge in [-0.15, -0.1) is 11.3 Å². The topological polar surface area (TPSA) is 94.3 Å². The smallest absolute Gasteiger partial charge is 0.332 e. The number of thiazole rings is 1. The summed E-state index contributed by atoms with van der Waals surface area (Å²) in [5.41, 5.74) is 5.42. The number of nitrogens with two attached hydrogens (primary N) is 1. The third-order valence-electron chi connectivity index (χ3n) is 1.93. The summed E-state index contributed by atoms with van der Waals surface area (Å²) < 4.78 is 4.65. The van der Waals surface area contributed by atoms with E-state index in [1.165, 1.54) is 11.3 Å². The zero-order chi connectivity index (χ0) is 12.8. The van der Waals surface area contributed by atoms with Crippen LogP contribution in [0.2, 0.25) is 0 Å². The number of ether oxygens (including phenoxy) is 1. The summed E-state index contributed by atoms with van der Waals surface area (Å²) in [6.45, 7) is 4.05. The number of nitrogens with zero attached hydrogens (tertiary/aromatic N) is 1. The molecule has 0 aliphatic carbocycles. The molecule has 0 bridgehead atoms. The highest BCUT2D eigenvalue weighted by Gasteiger charge is 2.22. The van der Waals surface area contributed by atoms with Gasteiger partial charge in [-0.3, -0.25) is 4.79 Å². The van der Waals surface area contributed by atoms with Crippen LogP contribution in [0.25, 0.3) is 0 Å². The minimum absolute atomic E-state index is 0.202. The molecule has 17 heavy (non-hydrogen) atoms. The molecule has 0 aliphatic heterocycles. The van der Waals surface area contributed by atoms with E-state index in [0.29, 0.717) is 6.54 Å². The van der Waals surface area contributed by atoms with Crippen molar-refractivity contribution >= 4 is 23.2 Å². The zero-order valence-electron chi connectivity index (χ0n) is 9.73. The van der Waals surface area contributed by atoms with Crippen molar-refractivity contribution in [2.45, 2.75) is 26.4 Å². The molecular weight excluding hydrogens is 242 g/mol. The summed E-state index contributed by atoms with van der Waals surface area (Å²) >= 11 is 1.48. The quantitative estimate of drug-likeness (QED) is 0.570. The van der Waals surface area contributed by atoms with Crippen LogP contribution in [0, 0.1) is 6.92 Å². The highest BCUT2D eigenvalue weighted by molar-refractivity contribution is 7.11. The number of amides is 1. The highest BCUT2D eigenvalue weighted by atomic mass is 32.1. The Bertz CT molecular complexity index is 405. The Morgan fingerprint density at radius 2 is 2.35 bits per heavy atom. The maximum Gasteiger partial charge on any atom is 0.332 e. The van der Waals surface area contributed by atoms with Crippen molar-refractivity contribution in [1.29, 1.82) is 0 Å². The molecule has 1 rings (SSSR count). The Labute approximate surface area is 103 Å². The van der Waals surface area contributed by atoms with Crippen LogP contribution in [0.3, 0.4) is 0 Å². The van der Waals surface area contributed by atoms with Crippen molar-refractivity contribution in [2.75, 3.05) is 6.61 Å². The first kappa shape index (κ1) is 13.6. The maximum atomic E-state index is 11.5. The van der Waals surface area contributed by atoms with E-state index in [9.17, 15) is 9.59 Å². The van der Waals surface area contributed by atoms with E-state index in [-0.39, 0.29) is 6.61 Å². The number of aromatic nitrogens is 1. The SMILES string of the molecule is CCOC(=O)C(N)C(=O)NCc1cnc(C)s1. The van der Waals surface area contributed by atoms with Gasteiger partial charge in [0.15, 0.2) is 6.04 Å². The zero-order valence-corrected chi connectivity index (χ0v) is 10.5. The van der Waals surface area contributed by atoms with Crippen LogP contribution in [0.4, 0.5) is 0 Å².